The molecule has 1 fully saturated rings. The van der Waals surface area contributed by atoms with Gasteiger partial charge in [-0.3, -0.25) is 14.9 Å². The lowest BCUT2D eigenvalue weighted by molar-refractivity contribution is -0.117. The van der Waals surface area contributed by atoms with Crippen molar-refractivity contribution < 1.29 is 18.0 Å². The van der Waals surface area contributed by atoms with E-state index >= 15 is 0 Å². The van der Waals surface area contributed by atoms with Crippen LogP contribution < -0.4 is 14.9 Å². The van der Waals surface area contributed by atoms with Gasteiger partial charge in [-0.15, -0.1) is 10.2 Å². The van der Waals surface area contributed by atoms with Crippen molar-refractivity contribution >= 4 is 44.0 Å². The highest BCUT2D eigenvalue weighted by Gasteiger charge is 2.23. The maximum absolute atomic E-state index is 12.6. The molecular weight excluding hydrogens is 438 g/mol. The number of benzene rings is 2. The van der Waals surface area contributed by atoms with Crippen molar-refractivity contribution in [1.82, 2.24) is 14.9 Å². The van der Waals surface area contributed by atoms with Gasteiger partial charge in [0.05, 0.1) is 0 Å². The molecule has 0 unspecified atom stereocenters. The normalized spacial score (nSPS) is 14.1. The Morgan fingerprint density at radius 1 is 1.10 bits per heavy atom. The van der Waals surface area contributed by atoms with Gasteiger partial charge in [0.25, 0.3) is 15.9 Å². The van der Waals surface area contributed by atoms with E-state index in [1.54, 1.807) is 53.4 Å². The Morgan fingerprint density at radius 2 is 1.90 bits per heavy atom. The molecule has 3 aromatic rings. The van der Waals surface area contributed by atoms with Crippen molar-refractivity contribution in [2.45, 2.75) is 23.7 Å². The molecule has 0 aliphatic carbocycles. The van der Waals surface area contributed by atoms with Crippen molar-refractivity contribution in [2.75, 3.05) is 16.8 Å². The molecule has 9 nitrogen and oxygen atoms in total. The number of sulfonamides is 1. The van der Waals surface area contributed by atoms with Crippen molar-refractivity contribution in [1.29, 1.82) is 0 Å². The van der Waals surface area contributed by atoms with Gasteiger partial charge in [0.1, 0.15) is 0 Å². The molecule has 31 heavy (non-hydrogen) atoms. The molecule has 1 aliphatic rings. The minimum Gasteiger partial charge on any atom is -0.312 e. The van der Waals surface area contributed by atoms with Gasteiger partial charge in [0, 0.05) is 30.8 Å². The summed E-state index contributed by atoms with van der Waals surface area (Å²) in [5.41, 5.74) is 1.89. The Bertz CT molecular complexity index is 1210. The van der Waals surface area contributed by atoms with Gasteiger partial charge in [0.2, 0.25) is 15.4 Å². The molecule has 0 spiro atoms. The largest absolute Gasteiger partial charge is 0.312 e. The number of carbonyl (C=O) groups is 2. The van der Waals surface area contributed by atoms with Crippen LogP contribution >= 0.6 is 11.3 Å². The Kier molecular flexibility index (Phi) is 6.07. The first-order valence-electron chi connectivity index (χ1n) is 9.51. The molecule has 4 rings (SSSR count). The summed E-state index contributed by atoms with van der Waals surface area (Å²) in [5.74, 6) is -0.335. The van der Waals surface area contributed by atoms with Crippen LogP contribution in [0.25, 0.3) is 0 Å². The highest BCUT2D eigenvalue weighted by Crippen LogP contribution is 2.23. The standard InChI is InChI=1S/C20H19N5O4S2/c26-17-10-5-11-25(17)16-9-4-6-14(12-16)13-21-31(28,29)20-24-23-19(30-20)22-18(27)15-7-2-1-3-8-15/h1-4,6-9,12,21H,5,10-11,13H2,(H,22,23,27). The van der Waals surface area contributed by atoms with Crippen LogP contribution in [0.5, 0.6) is 0 Å². The summed E-state index contributed by atoms with van der Waals surface area (Å²) >= 11 is 0.764. The van der Waals surface area contributed by atoms with Crippen LogP contribution in [0.2, 0.25) is 0 Å². The van der Waals surface area contributed by atoms with Crippen LogP contribution in [0.4, 0.5) is 10.8 Å². The first-order chi connectivity index (χ1) is 14.9. The topological polar surface area (TPSA) is 121 Å². The van der Waals surface area contributed by atoms with Crippen molar-refractivity contribution in [3.05, 3.63) is 65.7 Å². The lowest BCUT2D eigenvalue weighted by Crippen LogP contribution is -2.25. The summed E-state index contributed by atoms with van der Waals surface area (Å²) in [6, 6.07) is 15.7. The average Bonchev–Trinajstić information content (AvgIpc) is 3.43. The molecule has 2 N–H and O–H groups in total. The molecule has 2 heterocycles. The second kappa shape index (κ2) is 8.92. The van der Waals surface area contributed by atoms with Gasteiger partial charge in [-0.25, -0.2) is 13.1 Å². The summed E-state index contributed by atoms with van der Waals surface area (Å²) in [7, 11) is -3.92. The quantitative estimate of drug-likeness (QED) is 0.526. The maximum atomic E-state index is 12.6. The van der Waals surface area contributed by atoms with E-state index in [1.165, 1.54) is 0 Å². The summed E-state index contributed by atoms with van der Waals surface area (Å²) in [6.07, 6.45) is 1.34. The fraction of sp³-hybridized carbons (Fsp3) is 0.200. The van der Waals surface area contributed by atoms with E-state index in [-0.39, 0.29) is 21.9 Å². The number of nitrogens with one attached hydrogen (secondary N) is 2. The van der Waals surface area contributed by atoms with Crippen molar-refractivity contribution in [3.8, 4) is 0 Å². The molecule has 2 aromatic carbocycles. The Balaban J connectivity index is 1.41. The van der Waals surface area contributed by atoms with Gasteiger partial charge in [-0.1, -0.05) is 41.7 Å². The van der Waals surface area contributed by atoms with Crippen molar-refractivity contribution in [3.63, 3.8) is 0 Å². The van der Waals surface area contributed by atoms with Gasteiger partial charge in [-0.05, 0) is 36.2 Å². The summed E-state index contributed by atoms with van der Waals surface area (Å²) in [4.78, 5) is 25.8. The zero-order chi connectivity index (χ0) is 21.8. The number of aromatic nitrogens is 2. The van der Waals surface area contributed by atoms with E-state index in [9.17, 15) is 18.0 Å². The van der Waals surface area contributed by atoms with E-state index in [0.29, 0.717) is 24.1 Å². The van der Waals surface area contributed by atoms with Gasteiger partial charge >= 0.3 is 0 Å². The summed E-state index contributed by atoms with van der Waals surface area (Å²) in [5, 5.41) is 10.1. The minimum absolute atomic E-state index is 0.0312. The predicted octanol–water partition coefficient (Wildman–Crippen LogP) is 2.40. The smallest absolute Gasteiger partial charge is 0.270 e. The van der Waals surface area contributed by atoms with Gasteiger partial charge < -0.3 is 4.90 Å². The second-order valence-corrected chi connectivity index (χ2v) is 9.75. The van der Waals surface area contributed by atoms with Crippen LogP contribution in [0.3, 0.4) is 0 Å². The molecule has 0 atom stereocenters. The van der Waals surface area contributed by atoms with E-state index in [2.05, 4.69) is 20.2 Å². The summed E-state index contributed by atoms with van der Waals surface area (Å²) < 4.78 is 27.4. The van der Waals surface area contributed by atoms with Crippen LogP contribution in [0.1, 0.15) is 28.8 Å². The lowest BCUT2D eigenvalue weighted by Gasteiger charge is -2.16. The number of hydrogen-bond donors (Lipinski definition) is 2. The zero-order valence-electron chi connectivity index (χ0n) is 16.3. The molecule has 1 aliphatic heterocycles. The third-order valence-corrected chi connectivity index (χ3v) is 7.26. The number of rotatable bonds is 7. The molecule has 1 aromatic heterocycles. The Morgan fingerprint density at radius 3 is 2.65 bits per heavy atom. The average molecular weight is 458 g/mol. The van der Waals surface area contributed by atoms with Crippen LogP contribution in [0.15, 0.2) is 58.9 Å². The van der Waals surface area contributed by atoms with E-state index < -0.39 is 15.9 Å². The fourth-order valence-electron chi connectivity index (χ4n) is 3.12. The Labute approximate surface area is 183 Å². The fourth-order valence-corrected chi connectivity index (χ4v) is 5.08. The number of anilines is 2. The SMILES string of the molecule is O=C(Nc1nnc(S(=O)(=O)NCc2cccc(N3CCCC3=O)c2)s1)c1ccccc1. The number of hydrogen-bond acceptors (Lipinski definition) is 7. The van der Waals surface area contributed by atoms with Gasteiger partial charge in [-0.2, -0.15) is 0 Å². The second-order valence-electron chi connectivity index (χ2n) is 6.84. The highest BCUT2D eigenvalue weighted by atomic mass is 32.2. The number of nitrogens with zero attached hydrogens (tertiary/aromatic N) is 3. The summed E-state index contributed by atoms with van der Waals surface area (Å²) in [6.45, 7) is 0.694. The molecule has 2 amide bonds. The maximum Gasteiger partial charge on any atom is 0.270 e. The molecule has 0 bridgehead atoms. The lowest BCUT2D eigenvalue weighted by atomic mass is 10.2. The van der Waals surface area contributed by atoms with Crippen LogP contribution in [0, 0.1) is 0 Å². The molecule has 11 heteroatoms. The monoisotopic (exact) mass is 457 g/mol. The minimum atomic E-state index is -3.92. The van der Waals surface area contributed by atoms with E-state index in [0.717, 1.165) is 23.4 Å². The molecule has 1 saturated heterocycles. The Hall–Kier alpha value is -3.15. The number of amides is 2. The van der Waals surface area contributed by atoms with Crippen molar-refractivity contribution in [2.24, 2.45) is 0 Å². The molecule has 0 saturated carbocycles. The zero-order valence-corrected chi connectivity index (χ0v) is 17.9. The van der Waals surface area contributed by atoms with E-state index in [1.807, 2.05) is 6.07 Å². The highest BCUT2D eigenvalue weighted by molar-refractivity contribution is 7.91. The molecular formula is C20H19N5O4S2. The van der Waals surface area contributed by atoms with Gasteiger partial charge in [0.15, 0.2) is 0 Å². The third kappa shape index (κ3) is 4.95. The molecule has 0 radical (unpaired) electrons. The van der Waals surface area contributed by atoms with E-state index in [4.69, 9.17) is 0 Å². The first kappa shape index (κ1) is 21.1. The third-order valence-electron chi connectivity index (χ3n) is 4.65. The first-order valence-corrected chi connectivity index (χ1v) is 11.8. The van der Waals surface area contributed by atoms with Crippen LogP contribution in [-0.4, -0.2) is 37.0 Å². The molecule has 160 valence electrons. The van der Waals surface area contributed by atoms with Crippen LogP contribution in [-0.2, 0) is 21.4 Å². The number of carbonyl (C=O) groups excluding carboxylic acids is 2. The predicted molar refractivity (Wildman–Crippen MR) is 116 cm³/mol.